The highest BCUT2D eigenvalue weighted by atomic mass is 19.4. The van der Waals surface area contributed by atoms with Crippen molar-refractivity contribution < 1.29 is 18.0 Å². The summed E-state index contributed by atoms with van der Waals surface area (Å²) in [5.74, 6) is 1.43. The second-order valence-electron chi connectivity index (χ2n) is 6.99. The molecule has 3 rings (SSSR count). The molecule has 1 aliphatic heterocycles. The topological polar surface area (TPSA) is 54.3 Å². The van der Waals surface area contributed by atoms with E-state index in [0.29, 0.717) is 6.42 Å². The summed E-state index contributed by atoms with van der Waals surface area (Å²) in [6.07, 6.45) is -3.63. The Morgan fingerprint density at radius 3 is 2.29 bits per heavy atom. The number of alkyl halides is 3. The summed E-state index contributed by atoms with van der Waals surface area (Å²) in [6, 6.07) is 6.28. The van der Waals surface area contributed by atoms with Crippen LogP contribution in [0.1, 0.15) is 29.7 Å². The number of rotatable bonds is 5. The first kappa shape index (κ1) is 20.3. The summed E-state index contributed by atoms with van der Waals surface area (Å²) in [4.78, 5) is 15.5. The Labute approximate surface area is 162 Å². The zero-order valence-corrected chi connectivity index (χ0v) is 16.0. The third-order valence-corrected chi connectivity index (χ3v) is 5.20. The minimum atomic E-state index is -4.36. The van der Waals surface area contributed by atoms with Crippen LogP contribution in [0, 0.1) is 6.92 Å². The number of halogens is 3. The number of carbonyl (C=O) groups is 1. The van der Waals surface area contributed by atoms with E-state index in [4.69, 9.17) is 0 Å². The lowest BCUT2D eigenvalue weighted by atomic mass is 10.0. The van der Waals surface area contributed by atoms with E-state index < -0.39 is 12.2 Å². The van der Waals surface area contributed by atoms with Crippen molar-refractivity contribution >= 4 is 5.91 Å². The van der Waals surface area contributed by atoms with Crippen LogP contribution in [0.5, 0.6) is 0 Å². The lowest BCUT2D eigenvalue weighted by Crippen LogP contribution is -2.52. The molecule has 0 saturated carbocycles. The smallest absolute Gasteiger partial charge is 0.340 e. The van der Waals surface area contributed by atoms with Crippen LogP contribution in [-0.4, -0.2) is 62.8 Å². The fraction of sp³-hybridized carbons (Fsp3) is 0.526. The average Bonchev–Trinajstić information content (AvgIpc) is 2.98. The van der Waals surface area contributed by atoms with Gasteiger partial charge < -0.3 is 9.47 Å². The Morgan fingerprint density at radius 2 is 1.75 bits per heavy atom. The van der Waals surface area contributed by atoms with Gasteiger partial charge in [0, 0.05) is 46.1 Å². The summed E-state index contributed by atoms with van der Waals surface area (Å²) < 4.78 is 42.8. The number of amides is 1. The van der Waals surface area contributed by atoms with Gasteiger partial charge in [-0.1, -0.05) is 30.3 Å². The van der Waals surface area contributed by atoms with Crippen LogP contribution in [0.25, 0.3) is 0 Å². The molecule has 6 nitrogen and oxygen atoms in total. The Hall–Kier alpha value is -2.42. The zero-order chi connectivity index (χ0) is 20.3. The second-order valence-corrected chi connectivity index (χ2v) is 6.99. The van der Waals surface area contributed by atoms with E-state index in [1.165, 1.54) is 17.0 Å². The maximum atomic E-state index is 13.7. The highest BCUT2D eigenvalue weighted by molar-refractivity contribution is 5.76. The molecule has 0 N–H and O–H groups in total. The number of hydrogen-bond donors (Lipinski definition) is 0. The molecule has 0 bridgehead atoms. The minimum Gasteiger partial charge on any atom is -0.340 e. The molecular formula is C19H24F3N5O. The zero-order valence-electron chi connectivity index (χ0n) is 16.0. The van der Waals surface area contributed by atoms with Crippen LogP contribution < -0.4 is 0 Å². The number of aryl methyl sites for hydroxylation is 2. The molecule has 1 aromatic carbocycles. The normalized spacial score (nSPS) is 17.0. The molecule has 9 heteroatoms. The molecule has 1 fully saturated rings. The molecule has 2 aromatic rings. The van der Waals surface area contributed by atoms with E-state index in [1.54, 1.807) is 23.1 Å². The van der Waals surface area contributed by atoms with E-state index in [0.717, 1.165) is 11.6 Å². The maximum Gasteiger partial charge on any atom is 0.408 e. The summed E-state index contributed by atoms with van der Waals surface area (Å²) in [7, 11) is 1.84. The van der Waals surface area contributed by atoms with Crippen molar-refractivity contribution in [1.29, 1.82) is 0 Å². The number of hydrogen-bond acceptors (Lipinski definition) is 4. The van der Waals surface area contributed by atoms with Gasteiger partial charge in [0.05, 0.1) is 0 Å². The Balaban J connectivity index is 1.58. The van der Waals surface area contributed by atoms with Gasteiger partial charge in [-0.15, -0.1) is 10.2 Å². The predicted molar refractivity (Wildman–Crippen MR) is 97.5 cm³/mol. The molecule has 1 aliphatic rings. The number of benzene rings is 1. The van der Waals surface area contributed by atoms with Gasteiger partial charge in [-0.3, -0.25) is 9.69 Å². The van der Waals surface area contributed by atoms with Crippen molar-refractivity contribution in [3.05, 3.63) is 47.5 Å². The van der Waals surface area contributed by atoms with Crippen molar-refractivity contribution in [2.24, 2.45) is 7.05 Å². The van der Waals surface area contributed by atoms with E-state index in [9.17, 15) is 18.0 Å². The fourth-order valence-corrected chi connectivity index (χ4v) is 3.52. The van der Waals surface area contributed by atoms with Crippen LogP contribution in [-0.2, 0) is 18.3 Å². The molecule has 1 amide bonds. The van der Waals surface area contributed by atoms with Gasteiger partial charge in [-0.25, -0.2) is 0 Å². The van der Waals surface area contributed by atoms with Crippen molar-refractivity contribution in [3.63, 3.8) is 0 Å². The predicted octanol–water partition coefficient (Wildman–Crippen LogP) is 2.50. The molecule has 1 saturated heterocycles. The summed E-state index contributed by atoms with van der Waals surface area (Å²) >= 11 is 0. The van der Waals surface area contributed by atoms with Gasteiger partial charge in [-0.05, 0) is 12.5 Å². The lowest BCUT2D eigenvalue weighted by molar-refractivity contribution is -0.190. The van der Waals surface area contributed by atoms with E-state index in [2.05, 4.69) is 10.2 Å². The Morgan fingerprint density at radius 1 is 1.11 bits per heavy atom. The number of nitrogens with zero attached hydrogens (tertiary/aromatic N) is 5. The van der Waals surface area contributed by atoms with Gasteiger partial charge in [0.1, 0.15) is 17.7 Å². The van der Waals surface area contributed by atoms with Crippen molar-refractivity contribution in [1.82, 2.24) is 24.6 Å². The molecule has 0 radical (unpaired) electrons. The summed E-state index contributed by atoms with van der Waals surface area (Å²) in [5, 5.41) is 8.00. The SMILES string of the molecule is Cc1nnc(CCC(=O)N2CCN(C(c3ccccc3)C(F)(F)F)CC2)n1C. The first-order valence-electron chi connectivity index (χ1n) is 9.25. The van der Waals surface area contributed by atoms with Crippen LogP contribution in [0.15, 0.2) is 30.3 Å². The molecule has 1 aromatic heterocycles. The minimum absolute atomic E-state index is 0.0661. The second kappa shape index (κ2) is 8.30. The lowest BCUT2D eigenvalue weighted by Gasteiger charge is -2.40. The molecule has 0 aliphatic carbocycles. The van der Waals surface area contributed by atoms with Gasteiger partial charge in [0.25, 0.3) is 0 Å². The maximum absolute atomic E-state index is 13.7. The highest BCUT2D eigenvalue weighted by Gasteiger charge is 2.45. The fourth-order valence-electron chi connectivity index (χ4n) is 3.52. The molecule has 1 atom stereocenters. The third-order valence-electron chi connectivity index (χ3n) is 5.20. The van der Waals surface area contributed by atoms with Crippen molar-refractivity contribution in [3.8, 4) is 0 Å². The Kier molecular flexibility index (Phi) is 6.02. The van der Waals surface area contributed by atoms with Gasteiger partial charge in [0.2, 0.25) is 5.91 Å². The number of aromatic nitrogens is 3. The quantitative estimate of drug-likeness (QED) is 0.781. The molecule has 2 heterocycles. The van der Waals surface area contributed by atoms with E-state index >= 15 is 0 Å². The number of carbonyl (C=O) groups excluding carboxylic acids is 1. The number of piperazine rings is 1. The van der Waals surface area contributed by atoms with Crippen LogP contribution in [0.3, 0.4) is 0 Å². The van der Waals surface area contributed by atoms with E-state index in [-0.39, 0.29) is 44.1 Å². The highest BCUT2D eigenvalue weighted by Crippen LogP contribution is 2.38. The first-order chi connectivity index (χ1) is 13.3. The Bertz CT molecular complexity index is 798. The summed E-state index contributed by atoms with van der Waals surface area (Å²) in [5.41, 5.74) is 0.229. The van der Waals surface area contributed by atoms with Crippen molar-refractivity contribution in [2.75, 3.05) is 26.2 Å². The standard InChI is InChI=1S/C19H24F3N5O/c1-14-23-24-16(25(14)2)8-9-17(28)26-10-12-27(13-11-26)18(19(20,21)22)15-6-4-3-5-7-15/h3-7,18H,8-13H2,1-2H3. The molecule has 28 heavy (non-hydrogen) atoms. The van der Waals surface area contributed by atoms with Crippen LogP contribution >= 0.6 is 0 Å². The summed E-state index contributed by atoms with van der Waals surface area (Å²) in [6.45, 7) is 2.79. The molecule has 1 unspecified atom stereocenters. The molecule has 152 valence electrons. The van der Waals surface area contributed by atoms with Gasteiger partial charge in [0.15, 0.2) is 0 Å². The molecule has 0 spiro atoms. The van der Waals surface area contributed by atoms with Gasteiger partial charge >= 0.3 is 6.18 Å². The molecular weight excluding hydrogens is 371 g/mol. The monoisotopic (exact) mass is 395 g/mol. The van der Waals surface area contributed by atoms with Crippen LogP contribution in [0.2, 0.25) is 0 Å². The van der Waals surface area contributed by atoms with Crippen molar-refractivity contribution in [2.45, 2.75) is 32.0 Å². The average molecular weight is 395 g/mol. The largest absolute Gasteiger partial charge is 0.408 e. The van der Waals surface area contributed by atoms with Gasteiger partial charge in [-0.2, -0.15) is 13.2 Å². The van der Waals surface area contributed by atoms with E-state index in [1.807, 2.05) is 18.5 Å². The van der Waals surface area contributed by atoms with Crippen LogP contribution in [0.4, 0.5) is 13.2 Å². The first-order valence-corrected chi connectivity index (χ1v) is 9.25. The third kappa shape index (κ3) is 4.52.